The van der Waals surface area contributed by atoms with E-state index in [0.717, 1.165) is 11.1 Å². The van der Waals surface area contributed by atoms with Gasteiger partial charge in [0.15, 0.2) is 0 Å². The van der Waals surface area contributed by atoms with Crippen LogP contribution in [-0.4, -0.2) is 33.5 Å². The van der Waals surface area contributed by atoms with Gasteiger partial charge in [0.2, 0.25) is 0 Å². The minimum Gasteiger partial charge on any atom is -0.507 e. The van der Waals surface area contributed by atoms with E-state index in [1.807, 2.05) is 24.3 Å². The molecule has 3 aromatic carbocycles. The van der Waals surface area contributed by atoms with Crippen LogP contribution < -0.4 is 10.9 Å². The lowest BCUT2D eigenvalue weighted by Crippen LogP contribution is -2.19. The van der Waals surface area contributed by atoms with E-state index in [0.29, 0.717) is 11.4 Å². The zero-order chi connectivity index (χ0) is 23.1. The molecule has 0 aliphatic rings. The van der Waals surface area contributed by atoms with E-state index in [1.54, 1.807) is 38.1 Å². The van der Waals surface area contributed by atoms with Gasteiger partial charge in [0.1, 0.15) is 11.5 Å². The Balaban J connectivity index is 1.64. The first kappa shape index (κ1) is 22.2. The molecular formula is C24H22N4O4. The van der Waals surface area contributed by atoms with Crippen molar-refractivity contribution in [3.8, 4) is 11.5 Å². The molecule has 0 aromatic heterocycles. The number of hydrazone groups is 2. The average Bonchev–Trinajstić information content (AvgIpc) is 2.81. The van der Waals surface area contributed by atoms with E-state index >= 15 is 0 Å². The van der Waals surface area contributed by atoms with Crippen LogP contribution in [0.2, 0.25) is 0 Å². The summed E-state index contributed by atoms with van der Waals surface area (Å²) in [5.41, 5.74) is 7.82. The smallest absolute Gasteiger partial charge is 0.275 e. The predicted molar refractivity (Wildman–Crippen MR) is 122 cm³/mol. The third-order valence-corrected chi connectivity index (χ3v) is 4.67. The maximum Gasteiger partial charge on any atom is 0.275 e. The second-order valence-corrected chi connectivity index (χ2v) is 6.89. The van der Waals surface area contributed by atoms with Gasteiger partial charge < -0.3 is 10.2 Å². The van der Waals surface area contributed by atoms with Crippen LogP contribution in [0.25, 0.3) is 0 Å². The number of para-hydroxylation sites is 2. The number of carbonyl (C=O) groups excluding carboxylic acids is 2. The van der Waals surface area contributed by atoms with E-state index in [9.17, 15) is 19.8 Å². The standard InChI is InChI=1S/C24H22N4O4/c1-15(25-27-23(31)19-7-3-5-9-21(19)29)17-11-13-18(14-12-17)16(2)26-28-24(32)20-8-4-6-10-22(20)30/h3-14,29-30H,1-2H3,(H,27,31)(H,28,32)/b25-15+,26-16+. The van der Waals surface area contributed by atoms with Gasteiger partial charge in [-0.05, 0) is 49.2 Å². The largest absolute Gasteiger partial charge is 0.507 e. The maximum absolute atomic E-state index is 12.2. The lowest BCUT2D eigenvalue weighted by Gasteiger charge is -2.07. The molecule has 32 heavy (non-hydrogen) atoms. The van der Waals surface area contributed by atoms with Crippen LogP contribution >= 0.6 is 0 Å². The van der Waals surface area contributed by atoms with Crippen LogP contribution in [-0.2, 0) is 0 Å². The highest BCUT2D eigenvalue weighted by Crippen LogP contribution is 2.16. The van der Waals surface area contributed by atoms with Gasteiger partial charge in [0.25, 0.3) is 11.8 Å². The zero-order valence-electron chi connectivity index (χ0n) is 17.5. The molecular weight excluding hydrogens is 408 g/mol. The molecule has 2 amide bonds. The predicted octanol–water partition coefficient (Wildman–Crippen LogP) is 3.41. The second-order valence-electron chi connectivity index (χ2n) is 6.89. The highest BCUT2D eigenvalue weighted by atomic mass is 16.3. The molecule has 162 valence electrons. The Bertz CT molecular complexity index is 1110. The van der Waals surface area contributed by atoms with Crippen molar-refractivity contribution in [3.05, 3.63) is 95.1 Å². The summed E-state index contributed by atoms with van der Waals surface area (Å²) in [6, 6.07) is 19.7. The van der Waals surface area contributed by atoms with Crippen molar-refractivity contribution in [2.75, 3.05) is 0 Å². The monoisotopic (exact) mass is 430 g/mol. The zero-order valence-corrected chi connectivity index (χ0v) is 17.5. The van der Waals surface area contributed by atoms with Crippen molar-refractivity contribution < 1.29 is 19.8 Å². The van der Waals surface area contributed by atoms with Crippen molar-refractivity contribution in [2.24, 2.45) is 10.2 Å². The van der Waals surface area contributed by atoms with Crippen LogP contribution in [0.1, 0.15) is 45.7 Å². The number of phenols is 2. The number of aromatic hydroxyl groups is 2. The van der Waals surface area contributed by atoms with Crippen molar-refractivity contribution in [2.45, 2.75) is 13.8 Å². The lowest BCUT2D eigenvalue weighted by molar-refractivity contribution is 0.0943. The fraction of sp³-hybridized carbons (Fsp3) is 0.0833. The minimum absolute atomic E-state index is 0.119. The molecule has 4 N–H and O–H groups in total. The molecule has 0 atom stereocenters. The number of phenolic OH excluding ortho intramolecular Hbond substituents is 2. The number of rotatable bonds is 6. The highest BCUT2D eigenvalue weighted by Gasteiger charge is 2.11. The first-order chi connectivity index (χ1) is 15.4. The first-order valence-electron chi connectivity index (χ1n) is 9.73. The summed E-state index contributed by atoms with van der Waals surface area (Å²) in [6.45, 7) is 3.49. The molecule has 0 radical (unpaired) electrons. The van der Waals surface area contributed by atoms with Gasteiger partial charge in [-0.2, -0.15) is 10.2 Å². The summed E-state index contributed by atoms with van der Waals surface area (Å²) in [7, 11) is 0. The van der Waals surface area contributed by atoms with Crippen LogP contribution in [0, 0.1) is 0 Å². The molecule has 0 unspecified atom stereocenters. The molecule has 0 saturated heterocycles. The molecule has 0 aliphatic heterocycles. The molecule has 0 saturated carbocycles. The molecule has 3 aromatic rings. The van der Waals surface area contributed by atoms with Crippen molar-refractivity contribution >= 4 is 23.2 Å². The van der Waals surface area contributed by atoms with Crippen LogP contribution in [0.15, 0.2) is 83.0 Å². The Morgan fingerprint density at radius 1 is 0.625 bits per heavy atom. The van der Waals surface area contributed by atoms with E-state index < -0.39 is 11.8 Å². The Morgan fingerprint density at radius 3 is 1.31 bits per heavy atom. The number of nitrogens with zero attached hydrogens (tertiary/aromatic N) is 2. The van der Waals surface area contributed by atoms with E-state index in [2.05, 4.69) is 21.1 Å². The number of hydrogen-bond acceptors (Lipinski definition) is 6. The number of amides is 2. The SMILES string of the molecule is C/C(=N\NC(=O)c1ccccc1O)c1ccc(/C(C)=N/NC(=O)c2ccccc2O)cc1. The Kier molecular flexibility index (Phi) is 6.97. The second kappa shape index (κ2) is 10.0. The van der Waals surface area contributed by atoms with Crippen LogP contribution in [0.3, 0.4) is 0 Å². The minimum atomic E-state index is -0.512. The number of hydrogen-bond donors (Lipinski definition) is 4. The number of carbonyl (C=O) groups is 2. The molecule has 0 aliphatic carbocycles. The van der Waals surface area contributed by atoms with Gasteiger partial charge >= 0.3 is 0 Å². The maximum atomic E-state index is 12.2. The topological polar surface area (TPSA) is 123 Å². The molecule has 0 fully saturated rings. The fourth-order valence-corrected chi connectivity index (χ4v) is 2.80. The summed E-state index contributed by atoms with van der Waals surface area (Å²) in [6.07, 6.45) is 0. The molecule has 0 heterocycles. The van der Waals surface area contributed by atoms with Gasteiger partial charge in [-0.25, -0.2) is 10.9 Å². The van der Waals surface area contributed by atoms with Crippen molar-refractivity contribution in [3.63, 3.8) is 0 Å². The van der Waals surface area contributed by atoms with Crippen molar-refractivity contribution in [1.29, 1.82) is 0 Å². The molecule has 0 spiro atoms. The first-order valence-corrected chi connectivity index (χ1v) is 9.73. The van der Waals surface area contributed by atoms with Gasteiger partial charge in [0.05, 0.1) is 22.6 Å². The Morgan fingerprint density at radius 2 is 0.969 bits per heavy atom. The Labute approximate surface area is 184 Å². The summed E-state index contributed by atoms with van der Waals surface area (Å²) in [5, 5.41) is 27.7. The van der Waals surface area contributed by atoms with Crippen LogP contribution in [0.5, 0.6) is 11.5 Å². The van der Waals surface area contributed by atoms with E-state index in [-0.39, 0.29) is 22.6 Å². The van der Waals surface area contributed by atoms with Gasteiger partial charge in [-0.15, -0.1) is 0 Å². The summed E-state index contributed by atoms with van der Waals surface area (Å²) >= 11 is 0. The average molecular weight is 430 g/mol. The normalized spacial score (nSPS) is 11.7. The summed E-state index contributed by atoms with van der Waals surface area (Å²) in [4.78, 5) is 24.3. The molecule has 8 nitrogen and oxygen atoms in total. The van der Waals surface area contributed by atoms with Gasteiger partial charge in [-0.1, -0.05) is 48.5 Å². The van der Waals surface area contributed by atoms with E-state index in [1.165, 1.54) is 24.3 Å². The van der Waals surface area contributed by atoms with Crippen LogP contribution in [0.4, 0.5) is 0 Å². The number of nitrogens with one attached hydrogen (secondary N) is 2. The fourth-order valence-electron chi connectivity index (χ4n) is 2.80. The third kappa shape index (κ3) is 5.37. The molecule has 3 rings (SSSR count). The van der Waals surface area contributed by atoms with Gasteiger partial charge in [0, 0.05) is 0 Å². The molecule has 8 heteroatoms. The number of benzene rings is 3. The highest BCUT2D eigenvalue weighted by molar-refractivity contribution is 6.04. The molecule has 0 bridgehead atoms. The third-order valence-electron chi connectivity index (χ3n) is 4.67. The Hall–Kier alpha value is -4.46. The quantitative estimate of drug-likeness (QED) is 0.353. The van der Waals surface area contributed by atoms with E-state index in [4.69, 9.17) is 0 Å². The summed E-state index contributed by atoms with van der Waals surface area (Å²) in [5.74, 6) is -1.26. The van der Waals surface area contributed by atoms with Crippen molar-refractivity contribution in [1.82, 2.24) is 10.9 Å². The lowest BCUT2D eigenvalue weighted by atomic mass is 10.1. The van der Waals surface area contributed by atoms with Gasteiger partial charge in [-0.3, -0.25) is 9.59 Å². The summed E-state index contributed by atoms with van der Waals surface area (Å²) < 4.78 is 0.